The van der Waals surface area contributed by atoms with Crippen LogP contribution in [-0.2, 0) is 39.9 Å². The fourth-order valence-electron chi connectivity index (χ4n) is 5.11. The highest BCUT2D eigenvalue weighted by Gasteiger charge is 2.28. The van der Waals surface area contributed by atoms with E-state index in [0.29, 0.717) is 18.7 Å². The Bertz CT molecular complexity index is 1610. The van der Waals surface area contributed by atoms with Crippen LogP contribution in [-0.4, -0.2) is 32.6 Å². The Morgan fingerprint density at radius 1 is 0.829 bits per heavy atom. The number of carbonyl (C=O) groups excluding carboxylic acids is 2. The summed E-state index contributed by atoms with van der Waals surface area (Å²) in [5, 5.41) is 20.1. The summed E-state index contributed by atoms with van der Waals surface area (Å²) >= 11 is 0. The van der Waals surface area contributed by atoms with Crippen molar-refractivity contribution in [2.75, 3.05) is 6.61 Å². The Kier molecular flexibility index (Phi) is 8.29. The third kappa shape index (κ3) is 6.45. The van der Waals surface area contributed by atoms with E-state index in [9.17, 15) is 14.7 Å². The molecule has 0 unspecified atom stereocenters. The fraction of sp³-hybridized carbons (Fsp3) is 0.382. The van der Waals surface area contributed by atoms with Crippen LogP contribution in [0.2, 0.25) is 0 Å². The van der Waals surface area contributed by atoms with Gasteiger partial charge in [0.1, 0.15) is 5.75 Å². The number of rotatable bonds is 8. The lowest BCUT2D eigenvalue weighted by atomic mass is 9.78. The Hall–Kier alpha value is -4.13. The number of ether oxygens (including phenoxy) is 1. The van der Waals surface area contributed by atoms with Gasteiger partial charge in [-0.05, 0) is 53.1 Å². The summed E-state index contributed by atoms with van der Waals surface area (Å²) < 4.78 is 8.68. The number of ketones is 1. The van der Waals surface area contributed by atoms with E-state index < -0.39 is 0 Å². The van der Waals surface area contributed by atoms with Gasteiger partial charge < -0.3 is 19.0 Å². The number of nitrogens with zero attached hydrogens (tertiary/aromatic N) is 2. The average Bonchev–Trinajstić information content (AvgIpc) is 3.14. The molecular weight excluding hydrogens is 514 g/mol. The monoisotopic (exact) mass is 555 g/mol. The molecule has 0 saturated heterocycles. The molecule has 7 heteroatoms. The highest BCUT2D eigenvalue weighted by atomic mass is 16.5. The van der Waals surface area contributed by atoms with Crippen molar-refractivity contribution in [3.63, 3.8) is 0 Å². The van der Waals surface area contributed by atoms with Crippen molar-refractivity contribution in [3.8, 4) is 5.75 Å². The normalized spacial score (nSPS) is 12.1. The minimum absolute atomic E-state index is 0.00274. The van der Waals surface area contributed by atoms with Crippen LogP contribution in [0.4, 0.5) is 0 Å². The van der Waals surface area contributed by atoms with Crippen LogP contribution >= 0.6 is 0 Å². The zero-order valence-electron chi connectivity index (χ0n) is 25.2. The second kappa shape index (κ2) is 11.4. The molecule has 1 aromatic heterocycles. The number of nitrogens with one attached hydrogen (secondary N) is 1. The van der Waals surface area contributed by atoms with Gasteiger partial charge in [0.05, 0.1) is 37.2 Å². The van der Waals surface area contributed by atoms with Crippen LogP contribution in [0, 0.1) is 5.41 Å². The summed E-state index contributed by atoms with van der Waals surface area (Å²) in [6, 6.07) is 19.0. The molecule has 7 nitrogen and oxygen atoms in total. The lowest BCUT2D eigenvalue weighted by molar-refractivity contribution is -0.142. The SMILES string of the molecule is CCOC(=O)Cc1ccc(Cn2c(=N)n(CC(=O)c3cc(C(C)(C)C)c(O)c(C(C)(C)C)c3)c3ccccc32)cc1. The molecule has 0 saturated carbocycles. The lowest BCUT2D eigenvalue weighted by Crippen LogP contribution is -2.28. The molecule has 4 aromatic rings. The summed E-state index contributed by atoms with van der Waals surface area (Å²) in [5.74, 6) is -0.139. The number of aromatic hydroxyl groups is 1. The smallest absolute Gasteiger partial charge is 0.310 e. The highest BCUT2D eigenvalue weighted by molar-refractivity contribution is 5.97. The summed E-state index contributed by atoms with van der Waals surface area (Å²) in [4.78, 5) is 25.6. The van der Waals surface area contributed by atoms with E-state index in [1.54, 1.807) is 23.6 Å². The number of aromatic nitrogens is 2. The largest absolute Gasteiger partial charge is 0.507 e. The van der Waals surface area contributed by atoms with Crippen LogP contribution in [0.5, 0.6) is 5.75 Å². The molecule has 0 atom stereocenters. The molecule has 0 amide bonds. The molecule has 1 heterocycles. The number of phenolic OH excluding ortho intramolecular Hbond substituents is 1. The van der Waals surface area contributed by atoms with Crippen molar-refractivity contribution < 1.29 is 19.4 Å². The molecule has 0 fully saturated rings. The predicted octanol–water partition coefficient (Wildman–Crippen LogP) is 6.26. The number of esters is 1. The molecular formula is C34H41N3O4. The summed E-state index contributed by atoms with van der Waals surface area (Å²) in [7, 11) is 0. The first-order valence-corrected chi connectivity index (χ1v) is 14.1. The van der Waals surface area contributed by atoms with E-state index in [0.717, 1.165) is 33.3 Å². The summed E-state index contributed by atoms with van der Waals surface area (Å²) in [6.45, 7) is 14.7. The molecule has 41 heavy (non-hydrogen) atoms. The first-order chi connectivity index (χ1) is 19.2. The van der Waals surface area contributed by atoms with Gasteiger partial charge in [0.15, 0.2) is 5.78 Å². The van der Waals surface area contributed by atoms with Crippen LogP contribution in [0.3, 0.4) is 0 Å². The number of imidazole rings is 1. The van der Waals surface area contributed by atoms with Gasteiger partial charge in [-0.15, -0.1) is 0 Å². The van der Waals surface area contributed by atoms with Crippen molar-refractivity contribution in [2.45, 2.75) is 78.8 Å². The van der Waals surface area contributed by atoms with Crippen molar-refractivity contribution in [3.05, 3.63) is 94.1 Å². The maximum absolute atomic E-state index is 13.8. The summed E-state index contributed by atoms with van der Waals surface area (Å²) in [5.41, 5.74) is 5.03. The minimum Gasteiger partial charge on any atom is -0.507 e. The van der Waals surface area contributed by atoms with Crippen molar-refractivity contribution in [1.82, 2.24) is 9.13 Å². The average molecular weight is 556 g/mol. The Morgan fingerprint density at radius 2 is 1.34 bits per heavy atom. The third-order valence-electron chi connectivity index (χ3n) is 7.34. The van der Waals surface area contributed by atoms with Gasteiger partial charge in [-0.25, -0.2) is 0 Å². The van der Waals surface area contributed by atoms with Gasteiger partial charge in [-0.1, -0.05) is 77.9 Å². The van der Waals surface area contributed by atoms with Crippen LogP contribution in [0.15, 0.2) is 60.7 Å². The number of para-hydroxylation sites is 2. The van der Waals surface area contributed by atoms with Crippen molar-refractivity contribution >= 4 is 22.8 Å². The van der Waals surface area contributed by atoms with Crippen molar-refractivity contribution in [2.24, 2.45) is 0 Å². The zero-order valence-corrected chi connectivity index (χ0v) is 25.2. The fourth-order valence-corrected chi connectivity index (χ4v) is 5.11. The number of phenols is 1. The van der Waals surface area contributed by atoms with Gasteiger partial charge in [0.2, 0.25) is 5.62 Å². The van der Waals surface area contributed by atoms with Crippen LogP contribution < -0.4 is 5.62 Å². The molecule has 3 aromatic carbocycles. The van der Waals surface area contributed by atoms with Gasteiger partial charge in [-0.2, -0.15) is 0 Å². The maximum Gasteiger partial charge on any atom is 0.310 e. The van der Waals surface area contributed by atoms with Crippen molar-refractivity contribution in [1.29, 1.82) is 5.41 Å². The third-order valence-corrected chi connectivity index (χ3v) is 7.34. The molecule has 4 rings (SSSR count). The molecule has 0 aliphatic heterocycles. The minimum atomic E-state index is -0.351. The van der Waals surface area contributed by atoms with Crippen LogP contribution in [0.1, 0.15) is 81.1 Å². The number of hydrogen-bond donors (Lipinski definition) is 2. The first kappa shape index (κ1) is 29.8. The van der Waals surface area contributed by atoms with E-state index in [2.05, 4.69) is 0 Å². The summed E-state index contributed by atoms with van der Waals surface area (Å²) in [6.07, 6.45) is 0.220. The van der Waals surface area contributed by atoms with Gasteiger partial charge in [-0.3, -0.25) is 15.0 Å². The van der Waals surface area contributed by atoms with Gasteiger partial charge in [0.25, 0.3) is 0 Å². The molecule has 0 aliphatic rings. The highest BCUT2D eigenvalue weighted by Crippen LogP contribution is 2.40. The molecule has 216 valence electrons. The lowest BCUT2D eigenvalue weighted by Gasteiger charge is -2.28. The first-order valence-electron chi connectivity index (χ1n) is 14.1. The molecule has 0 bridgehead atoms. The molecule has 2 N–H and O–H groups in total. The quantitative estimate of drug-likeness (QED) is 0.198. The Labute approximate surface area is 241 Å². The number of benzene rings is 3. The molecule has 0 spiro atoms. The topological polar surface area (TPSA) is 97.3 Å². The van der Waals surface area contributed by atoms with E-state index in [-0.39, 0.29) is 46.9 Å². The van der Waals surface area contributed by atoms with Crippen LogP contribution in [0.25, 0.3) is 11.0 Å². The predicted molar refractivity (Wildman–Crippen MR) is 162 cm³/mol. The second-order valence-electron chi connectivity index (χ2n) is 12.6. The Morgan fingerprint density at radius 3 is 1.85 bits per heavy atom. The van der Waals surface area contributed by atoms with Gasteiger partial charge in [0, 0.05) is 16.7 Å². The van der Waals surface area contributed by atoms with E-state index in [1.807, 2.05) is 94.6 Å². The molecule has 0 radical (unpaired) electrons. The second-order valence-corrected chi connectivity index (χ2v) is 12.6. The van der Waals surface area contributed by atoms with E-state index in [1.165, 1.54) is 0 Å². The number of hydrogen-bond acceptors (Lipinski definition) is 5. The number of carbonyl (C=O) groups is 2. The van der Waals surface area contributed by atoms with Gasteiger partial charge >= 0.3 is 5.97 Å². The standard InChI is InChI=1S/C34H41N3O4/c1-8-41-30(39)17-22-13-15-23(16-14-22)20-36-27-11-9-10-12-28(27)37(32(36)35)21-29(38)24-18-25(33(2,3)4)31(40)26(19-24)34(5,6)7/h9-16,18-19,35,40H,8,17,20-21H2,1-7H3. The Balaban J connectivity index is 1.69. The number of fused-ring (bicyclic) bond motifs is 1. The zero-order chi connectivity index (χ0) is 30.1. The number of Topliss-reactive ketones (excluding diaryl/α,β-unsaturated/α-hetero) is 1. The van der Waals surface area contributed by atoms with E-state index in [4.69, 9.17) is 10.1 Å². The van der Waals surface area contributed by atoms with E-state index >= 15 is 0 Å². The maximum atomic E-state index is 13.8. The molecule has 0 aliphatic carbocycles.